The van der Waals surface area contributed by atoms with Gasteiger partial charge in [-0.3, -0.25) is 0 Å². The van der Waals surface area contributed by atoms with Gasteiger partial charge in [-0.2, -0.15) is 4.98 Å². The third kappa shape index (κ3) is 2.74. The molecule has 0 bridgehead atoms. The second-order valence-electron chi connectivity index (χ2n) is 4.52. The Bertz CT molecular complexity index is 506. The zero-order chi connectivity index (χ0) is 12.4. The van der Waals surface area contributed by atoms with Crippen LogP contribution >= 0.6 is 0 Å². The van der Waals surface area contributed by atoms with Gasteiger partial charge in [0.1, 0.15) is 0 Å². The molecule has 0 saturated carbocycles. The molecule has 0 spiro atoms. The Morgan fingerprint density at radius 1 is 1.47 bits per heavy atom. The highest BCUT2D eigenvalue weighted by molar-refractivity contribution is 5.49. The molecule has 92 valence electrons. The quantitative estimate of drug-likeness (QED) is 0.843. The molecule has 0 aromatic carbocycles. The Kier molecular flexibility index (Phi) is 3.28. The average Bonchev–Trinajstić information content (AvgIpc) is 2.60. The number of aliphatic hydroxyl groups is 1. The Balaban J connectivity index is 2.17. The van der Waals surface area contributed by atoms with E-state index in [1.165, 1.54) is 0 Å². The minimum absolute atomic E-state index is 0.146. The molecule has 2 aromatic rings. The van der Waals surface area contributed by atoms with Gasteiger partial charge in [0.05, 0.1) is 6.10 Å². The highest BCUT2D eigenvalue weighted by Crippen LogP contribution is 2.11. The monoisotopic (exact) mass is 234 g/mol. The van der Waals surface area contributed by atoms with E-state index >= 15 is 0 Å². The van der Waals surface area contributed by atoms with Gasteiger partial charge in [0.2, 0.25) is 5.95 Å². The van der Waals surface area contributed by atoms with Crippen LogP contribution in [0.4, 0.5) is 5.95 Å². The summed E-state index contributed by atoms with van der Waals surface area (Å²) in [6.07, 6.45) is 2.23. The van der Waals surface area contributed by atoms with Gasteiger partial charge >= 0.3 is 0 Å². The lowest BCUT2D eigenvalue weighted by atomic mass is 10.2. The van der Waals surface area contributed by atoms with Crippen LogP contribution in [0.1, 0.15) is 25.8 Å². The number of fused-ring (bicyclic) bond motifs is 1. The Labute approximate surface area is 100 Å². The van der Waals surface area contributed by atoms with Crippen molar-refractivity contribution in [3.8, 4) is 0 Å². The maximum absolute atomic E-state index is 9.30. The van der Waals surface area contributed by atoms with Crippen molar-refractivity contribution >= 4 is 11.6 Å². The zero-order valence-electron chi connectivity index (χ0n) is 10.4. The number of anilines is 1. The molecule has 0 aliphatic rings. The second-order valence-corrected chi connectivity index (χ2v) is 4.52. The summed E-state index contributed by atoms with van der Waals surface area (Å²) in [7, 11) is 0. The van der Waals surface area contributed by atoms with E-state index in [2.05, 4.69) is 15.4 Å². The molecule has 2 atom stereocenters. The highest BCUT2D eigenvalue weighted by Gasteiger charge is 2.10. The topological polar surface area (TPSA) is 62.5 Å². The molecular formula is C12H18N4O. The van der Waals surface area contributed by atoms with Crippen LogP contribution in [-0.4, -0.2) is 31.9 Å². The number of pyridine rings is 1. The molecule has 2 N–H and O–H groups in total. The van der Waals surface area contributed by atoms with Crippen LogP contribution < -0.4 is 5.32 Å². The van der Waals surface area contributed by atoms with Crippen LogP contribution in [0.5, 0.6) is 0 Å². The fourth-order valence-electron chi connectivity index (χ4n) is 1.89. The van der Waals surface area contributed by atoms with E-state index in [4.69, 9.17) is 0 Å². The van der Waals surface area contributed by atoms with Gasteiger partial charge in [0.25, 0.3) is 0 Å². The molecule has 0 amide bonds. The van der Waals surface area contributed by atoms with Crippen molar-refractivity contribution in [2.75, 3.05) is 5.32 Å². The minimum atomic E-state index is -0.323. The molecule has 0 aliphatic carbocycles. The number of hydrogen-bond acceptors (Lipinski definition) is 4. The van der Waals surface area contributed by atoms with Gasteiger partial charge in [0, 0.05) is 12.2 Å². The van der Waals surface area contributed by atoms with Crippen LogP contribution in [0, 0.1) is 6.92 Å². The van der Waals surface area contributed by atoms with E-state index in [1.54, 1.807) is 11.4 Å². The summed E-state index contributed by atoms with van der Waals surface area (Å²) in [5, 5.41) is 16.8. The molecule has 0 radical (unpaired) electrons. The zero-order valence-corrected chi connectivity index (χ0v) is 10.4. The van der Waals surface area contributed by atoms with Crippen molar-refractivity contribution in [1.29, 1.82) is 0 Å². The lowest BCUT2D eigenvalue weighted by molar-refractivity contribution is 0.179. The molecule has 2 rings (SSSR count). The Hall–Kier alpha value is -1.62. The summed E-state index contributed by atoms with van der Waals surface area (Å²) in [5.74, 6) is 0.604. The predicted octanol–water partition coefficient (Wildman–Crippen LogP) is 1.61. The smallest absolute Gasteiger partial charge is 0.243 e. The number of nitrogens with one attached hydrogen (secondary N) is 1. The fourth-order valence-corrected chi connectivity index (χ4v) is 1.89. The third-order valence-electron chi connectivity index (χ3n) is 2.63. The molecule has 0 fully saturated rings. The van der Waals surface area contributed by atoms with Crippen molar-refractivity contribution in [2.24, 2.45) is 0 Å². The SMILES string of the molecule is Cc1cccn2nc(NC(C)CC(C)O)nc12. The first-order valence-electron chi connectivity index (χ1n) is 5.83. The number of rotatable bonds is 4. The molecular weight excluding hydrogens is 216 g/mol. The maximum Gasteiger partial charge on any atom is 0.243 e. The van der Waals surface area contributed by atoms with E-state index in [9.17, 15) is 5.11 Å². The molecule has 0 aliphatic heterocycles. The third-order valence-corrected chi connectivity index (χ3v) is 2.63. The van der Waals surface area contributed by atoms with Crippen molar-refractivity contribution in [3.05, 3.63) is 23.9 Å². The summed E-state index contributed by atoms with van der Waals surface area (Å²) < 4.78 is 1.76. The molecule has 2 aromatic heterocycles. The van der Waals surface area contributed by atoms with Crippen LogP contribution in [0.25, 0.3) is 5.65 Å². The summed E-state index contributed by atoms with van der Waals surface area (Å²) in [6, 6.07) is 4.10. The number of aliphatic hydroxyl groups excluding tert-OH is 1. The number of aryl methyl sites for hydroxylation is 1. The van der Waals surface area contributed by atoms with Gasteiger partial charge < -0.3 is 10.4 Å². The van der Waals surface area contributed by atoms with E-state index < -0.39 is 0 Å². The summed E-state index contributed by atoms with van der Waals surface area (Å²) in [6.45, 7) is 5.79. The molecule has 2 heterocycles. The standard InChI is InChI=1S/C12H18N4O/c1-8-5-4-6-16-11(8)14-12(15-16)13-9(2)7-10(3)17/h4-6,9-10,17H,7H2,1-3H3,(H,13,15). The van der Waals surface area contributed by atoms with Gasteiger partial charge in [-0.25, -0.2) is 4.52 Å². The predicted molar refractivity (Wildman–Crippen MR) is 67.1 cm³/mol. The van der Waals surface area contributed by atoms with Crippen LogP contribution in [-0.2, 0) is 0 Å². The number of nitrogens with zero attached hydrogens (tertiary/aromatic N) is 3. The summed E-state index contributed by atoms with van der Waals surface area (Å²) in [5.41, 5.74) is 1.95. The second kappa shape index (κ2) is 4.71. The van der Waals surface area contributed by atoms with Crippen LogP contribution in [0.2, 0.25) is 0 Å². The molecule has 0 saturated heterocycles. The van der Waals surface area contributed by atoms with Crippen molar-refractivity contribution in [2.45, 2.75) is 39.3 Å². The fraction of sp³-hybridized carbons (Fsp3) is 0.500. The number of hydrogen-bond donors (Lipinski definition) is 2. The average molecular weight is 234 g/mol. The lowest BCUT2D eigenvalue weighted by Gasteiger charge is -2.13. The maximum atomic E-state index is 9.30. The lowest BCUT2D eigenvalue weighted by Crippen LogP contribution is -2.21. The van der Waals surface area contributed by atoms with Gasteiger partial charge in [0.15, 0.2) is 5.65 Å². The highest BCUT2D eigenvalue weighted by atomic mass is 16.3. The number of aromatic nitrogens is 3. The largest absolute Gasteiger partial charge is 0.393 e. The van der Waals surface area contributed by atoms with Gasteiger partial charge in [-0.1, -0.05) is 6.07 Å². The molecule has 2 unspecified atom stereocenters. The molecule has 5 nitrogen and oxygen atoms in total. The van der Waals surface area contributed by atoms with Crippen molar-refractivity contribution < 1.29 is 5.11 Å². The van der Waals surface area contributed by atoms with E-state index in [0.29, 0.717) is 12.4 Å². The van der Waals surface area contributed by atoms with E-state index in [0.717, 1.165) is 11.2 Å². The van der Waals surface area contributed by atoms with E-state index in [1.807, 2.05) is 32.2 Å². The van der Waals surface area contributed by atoms with Gasteiger partial charge in [-0.15, -0.1) is 5.10 Å². The van der Waals surface area contributed by atoms with Crippen LogP contribution in [0.3, 0.4) is 0 Å². The summed E-state index contributed by atoms with van der Waals surface area (Å²) >= 11 is 0. The molecule has 5 heteroatoms. The Morgan fingerprint density at radius 3 is 2.88 bits per heavy atom. The normalized spacial score (nSPS) is 14.8. The van der Waals surface area contributed by atoms with E-state index in [-0.39, 0.29) is 12.1 Å². The first-order chi connectivity index (χ1) is 8.06. The van der Waals surface area contributed by atoms with Crippen molar-refractivity contribution in [3.63, 3.8) is 0 Å². The molecule has 17 heavy (non-hydrogen) atoms. The van der Waals surface area contributed by atoms with Gasteiger partial charge in [-0.05, 0) is 38.8 Å². The van der Waals surface area contributed by atoms with Crippen molar-refractivity contribution in [1.82, 2.24) is 14.6 Å². The van der Waals surface area contributed by atoms with Crippen LogP contribution in [0.15, 0.2) is 18.3 Å². The Morgan fingerprint density at radius 2 is 2.24 bits per heavy atom. The minimum Gasteiger partial charge on any atom is -0.393 e. The summed E-state index contributed by atoms with van der Waals surface area (Å²) in [4.78, 5) is 4.42. The first kappa shape index (κ1) is 11.9. The first-order valence-corrected chi connectivity index (χ1v) is 5.83.